The van der Waals surface area contributed by atoms with Crippen molar-refractivity contribution in [2.24, 2.45) is 0 Å². The summed E-state index contributed by atoms with van der Waals surface area (Å²) in [6.45, 7) is 3.71. The number of pyridine rings is 1. The molecule has 0 bridgehead atoms. The van der Waals surface area contributed by atoms with Crippen molar-refractivity contribution < 1.29 is 5.11 Å². The number of aryl methyl sites for hydroxylation is 1. The Kier molecular flexibility index (Phi) is 3.58. The molecule has 84 valence electrons. The molecule has 1 atom stereocenters. The number of aliphatic hydroxyl groups is 1. The fourth-order valence-electron chi connectivity index (χ4n) is 1.27. The second-order valence-electron chi connectivity index (χ2n) is 3.43. The van der Waals surface area contributed by atoms with Gasteiger partial charge in [-0.05, 0) is 31.7 Å². The minimum absolute atomic E-state index is 0.503. The lowest BCUT2D eigenvalue weighted by Crippen LogP contribution is -1.95. The molecule has 3 nitrogen and oxygen atoms in total. The van der Waals surface area contributed by atoms with E-state index in [9.17, 15) is 5.11 Å². The van der Waals surface area contributed by atoms with Gasteiger partial charge < -0.3 is 5.11 Å². The summed E-state index contributed by atoms with van der Waals surface area (Å²) in [4.78, 5) is 8.64. The van der Waals surface area contributed by atoms with Gasteiger partial charge in [-0.15, -0.1) is 11.3 Å². The molecular weight excluding hydrogens is 240 g/mol. The van der Waals surface area contributed by atoms with Gasteiger partial charge >= 0.3 is 0 Å². The number of aromatic nitrogens is 2. The van der Waals surface area contributed by atoms with E-state index < -0.39 is 6.10 Å². The Bertz CT molecular complexity index is 482. The first-order chi connectivity index (χ1) is 7.66. The first kappa shape index (κ1) is 11.6. The van der Waals surface area contributed by atoms with E-state index in [4.69, 9.17) is 0 Å². The summed E-state index contributed by atoms with van der Waals surface area (Å²) in [6, 6.07) is 3.72. The second kappa shape index (κ2) is 4.95. The van der Waals surface area contributed by atoms with E-state index in [0.29, 0.717) is 0 Å². The highest BCUT2D eigenvalue weighted by Gasteiger charge is 2.11. The zero-order chi connectivity index (χ0) is 11.5. The summed E-state index contributed by atoms with van der Waals surface area (Å²) < 4.78 is 0.957. The molecular formula is C11H12N2OS2. The monoisotopic (exact) mass is 252 g/mol. The van der Waals surface area contributed by atoms with Crippen LogP contribution in [-0.2, 0) is 0 Å². The maximum absolute atomic E-state index is 9.62. The van der Waals surface area contributed by atoms with Crippen LogP contribution in [0.25, 0.3) is 0 Å². The number of nitrogens with zero attached hydrogens (tertiary/aromatic N) is 2. The van der Waals surface area contributed by atoms with Gasteiger partial charge in [0.1, 0.15) is 5.03 Å². The lowest BCUT2D eigenvalue weighted by molar-refractivity contribution is 0.195. The van der Waals surface area contributed by atoms with Gasteiger partial charge in [-0.1, -0.05) is 6.07 Å². The van der Waals surface area contributed by atoms with E-state index in [1.165, 1.54) is 11.8 Å². The standard InChI is InChI=1S/C11H12N2OS2/c1-7-6-15-11(13-7)16-10-9(8(2)14)4-3-5-12-10/h3-6,8,14H,1-2H3. The smallest absolute Gasteiger partial charge is 0.156 e. The summed E-state index contributed by atoms with van der Waals surface area (Å²) in [5, 5.41) is 12.5. The van der Waals surface area contributed by atoms with Gasteiger partial charge in [0.2, 0.25) is 0 Å². The van der Waals surface area contributed by atoms with Crippen molar-refractivity contribution in [3.05, 3.63) is 35.0 Å². The first-order valence-corrected chi connectivity index (χ1v) is 6.59. The molecule has 0 fully saturated rings. The Morgan fingerprint density at radius 3 is 2.94 bits per heavy atom. The molecule has 2 aromatic heterocycles. The lowest BCUT2D eigenvalue weighted by atomic mass is 10.2. The molecule has 0 saturated heterocycles. The molecule has 2 heterocycles. The maximum atomic E-state index is 9.62. The van der Waals surface area contributed by atoms with Crippen molar-refractivity contribution in [2.75, 3.05) is 0 Å². The highest BCUT2D eigenvalue weighted by molar-refractivity contribution is 8.01. The summed E-state index contributed by atoms with van der Waals surface area (Å²) in [5.41, 5.74) is 1.86. The fourth-order valence-corrected chi connectivity index (χ4v) is 3.19. The van der Waals surface area contributed by atoms with Crippen LogP contribution in [-0.4, -0.2) is 15.1 Å². The quantitative estimate of drug-likeness (QED) is 0.912. The van der Waals surface area contributed by atoms with Crippen molar-refractivity contribution in [3.8, 4) is 0 Å². The number of hydrogen-bond donors (Lipinski definition) is 1. The lowest BCUT2D eigenvalue weighted by Gasteiger charge is -2.08. The highest BCUT2D eigenvalue weighted by atomic mass is 32.2. The van der Waals surface area contributed by atoms with Gasteiger partial charge in [0.25, 0.3) is 0 Å². The first-order valence-electron chi connectivity index (χ1n) is 4.90. The second-order valence-corrected chi connectivity index (χ2v) is 5.52. The Morgan fingerprint density at radius 1 is 1.50 bits per heavy atom. The van der Waals surface area contributed by atoms with Crippen LogP contribution in [0, 0.1) is 6.92 Å². The Balaban J connectivity index is 2.27. The van der Waals surface area contributed by atoms with Crippen LogP contribution >= 0.6 is 23.1 Å². The maximum Gasteiger partial charge on any atom is 0.156 e. The van der Waals surface area contributed by atoms with Crippen LogP contribution in [0.1, 0.15) is 24.3 Å². The van der Waals surface area contributed by atoms with Crippen LogP contribution in [0.5, 0.6) is 0 Å². The average molecular weight is 252 g/mol. The molecule has 0 aliphatic heterocycles. The van der Waals surface area contributed by atoms with Gasteiger partial charge in [-0.3, -0.25) is 0 Å². The van der Waals surface area contributed by atoms with Crippen molar-refractivity contribution in [2.45, 2.75) is 29.3 Å². The predicted octanol–water partition coefficient (Wildman–Crippen LogP) is 3.05. The zero-order valence-corrected chi connectivity index (χ0v) is 10.7. The van der Waals surface area contributed by atoms with Gasteiger partial charge in [0.15, 0.2) is 4.34 Å². The SMILES string of the molecule is Cc1csc(Sc2ncccc2C(C)O)n1. The van der Waals surface area contributed by atoms with Crippen LogP contribution in [0.4, 0.5) is 0 Å². The van der Waals surface area contributed by atoms with E-state index in [1.54, 1.807) is 24.5 Å². The minimum atomic E-state index is -0.503. The Labute approximate surface area is 103 Å². The molecule has 16 heavy (non-hydrogen) atoms. The van der Waals surface area contributed by atoms with Gasteiger partial charge in [0.05, 0.1) is 6.10 Å². The molecule has 0 amide bonds. The number of hydrogen-bond acceptors (Lipinski definition) is 5. The van der Waals surface area contributed by atoms with Crippen LogP contribution < -0.4 is 0 Å². The Morgan fingerprint density at radius 2 is 2.31 bits per heavy atom. The van der Waals surface area contributed by atoms with Gasteiger partial charge in [-0.2, -0.15) is 0 Å². The van der Waals surface area contributed by atoms with E-state index in [1.807, 2.05) is 24.4 Å². The third-order valence-electron chi connectivity index (χ3n) is 2.03. The molecule has 1 unspecified atom stereocenters. The molecule has 1 N–H and O–H groups in total. The van der Waals surface area contributed by atoms with Gasteiger partial charge in [0, 0.05) is 22.8 Å². The van der Waals surface area contributed by atoms with E-state index >= 15 is 0 Å². The Hall–Kier alpha value is -0.910. The highest BCUT2D eigenvalue weighted by Crippen LogP contribution is 2.33. The fraction of sp³-hybridized carbons (Fsp3) is 0.273. The largest absolute Gasteiger partial charge is 0.389 e. The number of aliphatic hydroxyl groups excluding tert-OH is 1. The molecule has 0 radical (unpaired) electrons. The summed E-state index contributed by atoms with van der Waals surface area (Å²) >= 11 is 3.09. The number of rotatable bonds is 3. The molecule has 5 heteroatoms. The van der Waals surface area contributed by atoms with Crippen LogP contribution in [0.15, 0.2) is 33.1 Å². The molecule has 0 saturated carbocycles. The van der Waals surface area contributed by atoms with Crippen molar-refractivity contribution in [3.63, 3.8) is 0 Å². The van der Waals surface area contributed by atoms with Crippen molar-refractivity contribution in [1.82, 2.24) is 9.97 Å². The third kappa shape index (κ3) is 2.61. The molecule has 0 aromatic carbocycles. The molecule has 0 aliphatic carbocycles. The summed E-state index contributed by atoms with van der Waals surface area (Å²) in [6.07, 6.45) is 1.23. The van der Waals surface area contributed by atoms with E-state index in [0.717, 1.165) is 20.6 Å². The molecule has 2 rings (SSSR count). The topological polar surface area (TPSA) is 46.0 Å². The van der Waals surface area contributed by atoms with Crippen molar-refractivity contribution in [1.29, 1.82) is 0 Å². The zero-order valence-electron chi connectivity index (χ0n) is 9.04. The van der Waals surface area contributed by atoms with Crippen molar-refractivity contribution >= 4 is 23.1 Å². The molecule has 2 aromatic rings. The average Bonchev–Trinajstić information content (AvgIpc) is 2.64. The summed E-state index contributed by atoms with van der Waals surface area (Å²) in [7, 11) is 0. The third-order valence-corrected chi connectivity index (χ3v) is 4.12. The van der Waals surface area contributed by atoms with E-state index in [-0.39, 0.29) is 0 Å². The summed E-state index contributed by atoms with van der Waals surface area (Å²) in [5.74, 6) is 0. The van der Waals surface area contributed by atoms with E-state index in [2.05, 4.69) is 9.97 Å². The van der Waals surface area contributed by atoms with Crippen LogP contribution in [0.2, 0.25) is 0 Å². The number of thiazole rings is 1. The minimum Gasteiger partial charge on any atom is -0.389 e. The molecule has 0 spiro atoms. The normalized spacial score (nSPS) is 12.7. The van der Waals surface area contributed by atoms with Crippen LogP contribution in [0.3, 0.4) is 0 Å². The predicted molar refractivity (Wildman–Crippen MR) is 65.8 cm³/mol. The molecule has 0 aliphatic rings. The van der Waals surface area contributed by atoms with Gasteiger partial charge in [-0.25, -0.2) is 9.97 Å².